The number of pyridine rings is 1. The first kappa shape index (κ1) is 15.0. The minimum atomic E-state index is -4.47. The number of aromatic nitrogens is 1. The maximum atomic E-state index is 12.7. The number of alkyl halides is 3. The highest BCUT2D eigenvalue weighted by Crippen LogP contribution is 2.28. The molecule has 2 rings (SSSR count). The number of nitrogens with zero attached hydrogens (tertiary/aromatic N) is 1. The Kier molecular flexibility index (Phi) is 4.21. The standard InChI is InChI=1S/C14H10F4N2O/c15-11-4-1-9(2-5-11)7-13(21)20-12-6-3-10(8-19-12)14(16,17)18/h1-6,8H,7H2,(H,19,20,21). The molecule has 0 aliphatic carbocycles. The molecule has 0 saturated heterocycles. The van der Waals surface area contributed by atoms with Gasteiger partial charge in [-0.1, -0.05) is 12.1 Å². The molecule has 21 heavy (non-hydrogen) atoms. The molecule has 1 heterocycles. The van der Waals surface area contributed by atoms with Crippen LogP contribution in [0.15, 0.2) is 42.6 Å². The molecule has 0 atom stereocenters. The van der Waals surface area contributed by atoms with Gasteiger partial charge in [0.15, 0.2) is 0 Å². The largest absolute Gasteiger partial charge is 0.417 e. The SMILES string of the molecule is O=C(Cc1ccc(F)cc1)Nc1ccc(C(F)(F)F)cn1. The minimum absolute atomic E-state index is 0.0233. The van der Waals surface area contributed by atoms with Crippen LogP contribution in [0.1, 0.15) is 11.1 Å². The van der Waals surface area contributed by atoms with Crippen molar-refractivity contribution in [1.29, 1.82) is 0 Å². The van der Waals surface area contributed by atoms with Crippen molar-refractivity contribution in [3.63, 3.8) is 0 Å². The molecule has 2 aromatic rings. The van der Waals surface area contributed by atoms with Crippen molar-refractivity contribution in [3.8, 4) is 0 Å². The molecule has 0 aliphatic heterocycles. The summed E-state index contributed by atoms with van der Waals surface area (Å²) in [6, 6.07) is 7.26. The Bertz CT molecular complexity index is 621. The maximum Gasteiger partial charge on any atom is 0.417 e. The van der Waals surface area contributed by atoms with E-state index in [0.717, 1.165) is 12.1 Å². The second-order valence-electron chi connectivity index (χ2n) is 4.28. The van der Waals surface area contributed by atoms with E-state index in [1.54, 1.807) is 0 Å². The van der Waals surface area contributed by atoms with Crippen LogP contribution in [-0.4, -0.2) is 10.9 Å². The Morgan fingerprint density at radius 2 is 1.76 bits per heavy atom. The zero-order valence-corrected chi connectivity index (χ0v) is 10.6. The summed E-state index contributed by atoms with van der Waals surface area (Å²) in [5.41, 5.74) is -0.306. The fraction of sp³-hybridized carbons (Fsp3) is 0.143. The molecule has 7 heteroatoms. The first-order chi connectivity index (χ1) is 9.84. The van der Waals surface area contributed by atoms with E-state index in [4.69, 9.17) is 0 Å². The number of hydrogen-bond donors (Lipinski definition) is 1. The Morgan fingerprint density at radius 3 is 2.29 bits per heavy atom. The molecular formula is C14H10F4N2O. The van der Waals surface area contributed by atoms with Gasteiger partial charge in [0.2, 0.25) is 5.91 Å². The third-order valence-electron chi connectivity index (χ3n) is 2.64. The Morgan fingerprint density at radius 1 is 1.10 bits per heavy atom. The first-order valence-electron chi connectivity index (χ1n) is 5.92. The van der Waals surface area contributed by atoms with E-state index in [2.05, 4.69) is 10.3 Å². The summed E-state index contributed by atoms with van der Waals surface area (Å²) in [6.45, 7) is 0. The average Bonchev–Trinajstić information content (AvgIpc) is 2.41. The van der Waals surface area contributed by atoms with Crippen LogP contribution in [0.5, 0.6) is 0 Å². The van der Waals surface area contributed by atoms with Gasteiger partial charge in [-0.25, -0.2) is 9.37 Å². The number of hydrogen-bond acceptors (Lipinski definition) is 2. The van der Waals surface area contributed by atoms with Crippen molar-refractivity contribution in [1.82, 2.24) is 4.98 Å². The summed E-state index contributed by atoms with van der Waals surface area (Å²) in [6.07, 6.45) is -3.85. The van der Waals surface area contributed by atoms with Gasteiger partial charge in [-0.15, -0.1) is 0 Å². The normalized spacial score (nSPS) is 11.2. The Balaban J connectivity index is 1.98. The van der Waals surface area contributed by atoms with Crippen molar-refractivity contribution >= 4 is 11.7 Å². The number of carbonyl (C=O) groups excluding carboxylic acids is 1. The highest BCUT2D eigenvalue weighted by atomic mass is 19.4. The molecule has 0 saturated carbocycles. The van der Waals surface area contributed by atoms with E-state index in [1.165, 1.54) is 24.3 Å². The summed E-state index contributed by atoms with van der Waals surface area (Å²) >= 11 is 0. The second kappa shape index (κ2) is 5.90. The third kappa shape index (κ3) is 4.27. The van der Waals surface area contributed by atoms with Crippen molar-refractivity contribution in [2.75, 3.05) is 5.32 Å². The minimum Gasteiger partial charge on any atom is -0.310 e. The number of benzene rings is 1. The van der Waals surface area contributed by atoms with E-state index >= 15 is 0 Å². The number of rotatable bonds is 3. The van der Waals surface area contributed by atoms with Gasteiger partial charge < -0.3 is 5.32 Å². The van der Waals surface area contributed by atoms with Crippen LogP contribution in [0.25, 0.3) is 0 Å². The lowest BCUT2D eigenvalue weighted by Gasteiger charge is -2.08. The second-order valence-corrected chi connectivity index (χ2v) is 4.28. The first-order valence-corrected chi connectivity index (χ1v) is 5.92. The van der Waals surface area contributed by atoms with Gasteiger partial charge in [-0.3, -0.25) is 4.79 Å². The smallest absolute Gasteiger partial charge is 0.310 e. The highest BCUT2D eigenvalue weighted by Gasteiger charge is 2.30. The van der Waals surface area contributed by atoms with Crippen LogP contribution in [0.3, 0.4) is 0 Å². The summed E-state index contributed by atoms with van der Waals surface area (Å²) in [5, 5.41) is 2.37. The van der Waals surface area contributed by atoms with Crippen molar-refractivity contribution in [3.05, 3.63) is 59.5 Å². The van der Waals surface area contributed by atoms with Crippen LogP contribution in [-0.2, 0) is 17.4 Å². The van der Waals surface area contributed by atoms with Crippen molar-refractivity contribution in [2.24, 2.45) is 0 Å². The molecule has 1 N–H and O–H groups in total. The fourth-order valence-corrected chi connectivity index (χ4v) is 1.61. The molecule has 0 radical (unpaired) electrons. The van der Waals surface area contributed by atoms with Gasteiger partial charge in [0.25, 0.3) is 0 Å². The number of anilines is 1. The quantitative estimate of drug-likeness (QED) is 0.882. The number of halogens is 4. The van der Waals surface area contributed by atoms with E-state index in [1.807, 2.05) is 0 Å². The fourth-order valence-electron chi connectivity index (χ4n) is 1.61. The Labute approximate surface area is 117 Å². The summed E-state index contributed by atoms with van der Waals surface area (Å²) in [7, 11) is 0. The zero-order valence-electron chi connectivity index (χ0n) is 10.6. The predicted octanol–water partition coefficient (Wildman–Crippen LogP) is 3.42. The molecule has 0 unspecified atom stereocenters. The van der Waals surface area contributed by atoms with Crippen molar-refractivity contribution in [2.45, 2.75) is 12.6 Å². The molecule has 0 aliphatic rings. The lowest BCUT2D eigenvalue weighted by atomic mass is 10.1. The Hall–Kier alpha value is -2.44. The molecule has 110 valence electrons. The van der Waals surface area contributed by atoms with E-state index in [0.29, 0.717) is 11.8 Å². The molecule has 1 amide bonds. The molecule has 1 aromatic carbocycles. The monoisotopic (exact) mass is 298 g/mol. The molecule has 1 aromatic heterocycles. The lowest BCUT2D eigenvalue weighted by Crippen LogP contribution is -2.15. The average molecular weight is 298 g/mol. The number of carbonyl (C=O) groups is 1. The van der Waals surface area contributed by atoms with Gasteiger partial charge in [0.1, 0.15) is 11.6 Å². The van der Waals surface area contributed by atoms with Crippen LogP contribution < -0.4 is 5.32 Å². The molecule has 0 spiro atoms. The van der Waals surface area contributed by atoms with Crippen LogP contribution in [0, 0.1) is 5.82 Å². The summed E-state index contributed by atoms with van der Waals surface area (Å²) in [4.78, 5) is 15.2. The molecule has 3 nitrogen and oxygen atoms in total. The van der Waals surface area contributed by atoms with E-state index in [-0.39, 0.29) is 12.2 Å². The van der Waals surface area contributed by atoms with Crippen LogP contribution in [0.4, 0.5) is 23.4 Å². The summed E-state index contributed by atoms with van der Waals surface area (Å²) in [5.74, 6) is -0.840. The van der Waals surface area contributed by atoms with Crippen LogP contribution >= 0.6 is 0 Å². The maximum absolute atomic E-state index is 12.7. The predicted molar refractivity (Wildman–Crippen MR) is 68.0 cm³/mol. The third-order valence-corrected chi connectivity index (χ3v) is 2.64. The lowest BCUT2D eigenvalue weighted by molar-refractivity contribution is -0.137. The molecule has 0 bridgehead atoms. The number of amides is 1. The zero-order chi connectivity index (χ0) is 15.5. The highest BCUT2D eigenvalue weighted by molar-refractivity contribution is 5.91. The van der Waals surface area contributed by atoms with Gasteiger partial charge >= 0.3 is 6.18 Å². The molecular weight excluding hydrogens is 288 g/mol. The summed E-state index contributed by atoms with van der Waals surface area (Å²) < 4.78 is 49.7. The van der Waals surface area contributed by atoms with E-state index in [9.17, 15) is 22.4 Å². The van der Waals surface area contributed by atoms with Gasteiger partial charge in [0.05, 0.1) is 12.0 Å². The topological polar surface area (TPSA) is 42.0 Å². The number of nitrogens with one attached hydrogen (secondary N) is 1. The van der Waals surface area contributed by atoms with Gasteiger partial charge in [-0.2, -0.15) is 13.2 Å². The van der Waals surface area contributed by atoms with Gasteiger partial charge in [0, 0.05) is 6.20 Å². The van der Waals surface area contributed by atoms with Crippen LogP contribution in [0.2, 0.25) is 0 Å². The van der Waals surface area contributed by atoms with Gasteiger partial charge in [-0.05, 0) is 29.8 Å². The van der Waals surface area contributed by atoms with Crippen molar-refractivity contribution < 1.29 is 22.4 Å². The van der Waals surface area contributed by atoms with E-state index < -0.39 is 23.5 Å². The molecule has 0 fully saturated rings.